The molecule has 0 bridgehead atoms. The molecule has 0 amide bonds. The van der Waals surface area contributed by atoms with Crippen molar-refractivity contribution in [3.05, 3.63) is 0 Å². The average molecular weight is 286 g/mol. The zero-order valence-corrected chi connectivity index (χ0v) is 14.0. The SMILES string of the molecule is CCCC[N+](C)(CCCC)CCCCCCCC(=O)O. The summed E-state index contributed by atoms with van der Waals surface area (Å²) < 4.78 is 1.23. The van der Waals surface area contributed by atoms with Gasteiger partial charge in [-0.25, -0.2) is 0 Å². The number of carboxylic acid groups (broad SMARTS) is 1. The Balaban J connectivity index is 3.75. The van der Waals surface area contributed by atoms with Crippen LogP contribution in [0.25, 0.3) is 0 Å². The van der Waals surface area contributed by atoms with Crippen LogP contribution in [-0.2, 0) is 4.79 Å². The number of unbranched alkanes of at least 4 members (excludes halogenated alkanes) is 6. The van der Waals surface area contributed by atoms with Gasteiger partial charge in [-0.1, -0.05) is 39.5 Å². The van der Waals surface area contributed by atoms with Crippen molar-refractivity contribution in [2.75, 3.05) is 26.7 Å². The maximum atomic E-state index is 10.4. The van der Waals surface area contributed by atoms with Crippen molar-refractivity contribution < 1.29 is 14.4 Å². The summed E-state index contributed by atoms with van der Waals surface area (Å²) in [6, 6.07) is 0. The molecule has 0 aromatic rings. The second kappa shape index (κ2) is 12.2. The molecule has 1 N–H and O–H groups in total. The Labute approximate surface area is 126 Å². The number of carboxylic acids is 1. The highest BCUT2D eigenvalue weighted by Gasteiger charge is 2.19. The van der Waals surface area contributed by atoms with Crippen LogP contribution in [0.5, 0.6) is 0 Å². The van der Waals surface area contributed by atoms with Crippen molar-refractivity contribution in [2.45, 2.75) is 78.1 Å². The molecule has 0 aliphatic rings. The molecule has 20 heavy (non-hydrogen) atoms. The van der Waals surface area contributed by atoms with Gasteiger partial charge in [-0.2, -0.15) is 0 Å². The summed E-state index contributed by atoms with van der Waals surface area (Å²) in [7, 11) is 2.41. The van der Waals surface area contributed by atoms with E-state index >= 15 is 0 Å². The molecule has 0 rings (SSSR count). The topological polar surface area (TPSA) is 37.3 Å². The highest BCUT2D eigenvalue weighted by atomic mass is 16.4. The van der Waals surface area contributed by atoms with Gasteiger partial charge in [0.25, 0.3) is 0 Å². The maximum absolute atomic E-state index is 10.4. The van der Waals surface area contributed by atoms with Crippen LogP contribution in [0.1, 0.15) is 78.1 Å². The lowest BCUT2D eigenvalue weighted by Gasteiger charge is -2.35. The first-order valence-corrected chi connectivity index (χ1v) is 8.59. The van der Waals surface area contributed by atoms with E-state index in [2.05, 4.69) is 20.9 Å². The van der Waals surface area contributed by atoms with E-state index in [1.54, 1.807) is 0 Å². The molecule has 0 radical (unpaired) electrons. The van der Waals surface area contributed by atoms with Gasteiger partial charge in [0, 0.05) is 6.42 Å². The minimum Gasteiger partial charge on any atom is -0.481 e. The summed E-state index contributed by atoms with van der Waals surface area (Å²) in [5.41, 5.74) is 0. The monoisotopic (exact) mass is 286 g/mol. The van der Waals surface area contributed by atoms with E-state index in [0.29, 0.717) is 6.42 Å². The molecule has 0 atom stereocenters. The largest absolute Gasteiger partial charge is 0.481 e. The smallest absolute Gasteiger partial charge is 0.303 e. The molecule has 0 spiro atoms. The van der Waals surface area contributed by atoms with E-state index in [-0.39, 0.29) is 0 Å². The molecule has 0 aliphatic heterocycles. The van der Waals surface area contributed by atoms with Crippen molar-refractivity contribution in [1.82, 2.24) is 0 Å². The fourth-order valence-corrected chi connectivity index (χ4v) is 2.72. The molecule has 0 fully saturated rings. The molecule has 0 aliphatic carbocycles. The third-order valence-electron chi connectivity index (χ3n) is 4.19. The van der Waals surface area contributed by atoms with Crippen LogP contribution in [0, 0.1) is 0 Å². The number of hydrogen-bond donors (Lipinski definition) is 1. The number of rotatable bonds is 14. The Morgan fingerprint density at radius 2 is 1.25 bits per heavy atom. The zero-order chi connectivity index (χ0) is 15.3. The number of aliphatic carboxylic acids is 1. The van der Waals surface area contributed by atoms with E-state index in [9.17, 15) is 4.79 Å². The van der Waals surface area contributed by atoms with E-state index in [1.165, 1.54) is 69.1 Å². The Kier molecular flexibility index (Phi) is 11.8. The summed E-state index contributed by atoms with van der Waals surface area (Å²) in [5.74, 6) is -0.659. The Morgan fingerprint density at radius 1 is 0.800 bits per heavy atom. The van der Waals surface area contributed by atoms with Gasteiger partial charge in [0.15, 0.2) is 0 Å². The normalized spacial score (nSPS) is 11.8. The molecule has 0 aromatic carbocycles. The third kappa shape index (κ3) is 11.3. The lowest BCUT2D eigenvalue weighted by Crippen LogP contribution is -2.46. The lowest BCUT2D eigenvalue weighted by atomic mass is 10.1. The van der Waals surface area contributed by atoms with Crippen molar-refractivity contribution in [3.63, 3.8) is 0 Å². The highest BCUT2D eigenvalue weighted by molar-refractivity contribution is 5.66. The second-order valence-electron chi connectivity index (χ2n) is 6.41. The average Bonchev–Trinajstić information content (AvgIpc) is 2.42. The van der Waals surface area contributed by atoms with Gasteiger partial charge in [-0.05, 0) is 32.1 Å². The van der Waals surface area contributed by atoms with Crippen LogP contribution >= 0.6 is 0 Å². The van der Waals surface area contributed by atoms with Gasteiger partial charge in [-0.15, -0.1) is 0 Å². The van der Waals surface area contributed by atoms with E-state index in [1.807, 2.05) is 0 Å². The van der Waals surface area contributed by atoms with Crippen molar-refractivity contribution in [2.24, 2.45) is 0 Å². The predicted molar refractivity (Wildman–Crippen MR) is 85.9 cm³/mol. The molecule has 3 nitrogen and oxygen atoms in total. The fourth-order valence-electron chi connectivity index (χ4n) is 2.72. The number of quaternary nitrogens is 1. The second-order valence-corrected chi connectivity index (χ2v) is 6.41. The van der Waals surface area contributed by atoms with Crippen molar-refractivity contribution >= 4 is 5.97 Å². The summed E-state index contributed by atoms with van der Waals surface area (Å²) in [5, 5.41) is 8.59. The van der Waals surface area contributed by atoms with Gasteiger partial charge >= 0.3 is 5.97 Å². The highest BCUT2D eigenvalue weighted by Crippen LogP contribution is 2.13. The summed E-state index contributed by atoms with van der Waals surface area (Å²) in [6.07, 6.45) is 11.2. The Bertz CT molecular complexity index is 233. The minimum absolute atomic E-state index is 0.334. The molecular weight excluding hydrogens is 250 g/mol. The molecule has 0 saturated heterocycles. The van der Waals surface area contributed by atoms with Crippen LogP contribution in [0.15, 0.2) is 0 Å². The Hall–Kier alpha value is -0.570. The maximum Gasteiger partial charge on any atom is 0.303 e. The van der Waals surface area contributed by atoms with Gasteiger partial charge in [0.05, 0.1) is 26.7 Å². The first-order valence-electron chi connectivity index (χ1n) is 8.59. The van der Waals surface area contributed by atoms with Crippen LogP contribution in [0.2, 0.25) is 0 Å². The van der Waals surface area contributed by atoms with Crippen LogP contribution in [0.4, 0.5) is 0 Å². The molecule has 0 unspecified atom stereocenters. The van der Waals surface area contributed by atoms with Gasteiger partial charge in [0.1, 0.15) is 0 Å². The molecule has 120 valence electrons. The predicted octanol–water partition coefficient (Wildman–Crippen LogP) is 4.46. The Morgan fingerprint density at radius 3 is 1.75 bits per heavy atom. The molecule has 3 heteroatoms. The van der Waals surface area contributed by atoms with Crippen LogP contribution in [0.3, 0.4) is 0 Å². The van der Waals surface area contributed by atoms with Crippen LogP contribution < -0.4 is 0 Å². The first kappa shape index (κ1) is 19.4. The first-order chi connectivity index (χ1) is 9.54. The standard InChI is InChI=1S/C17H35NO2/c1-4-6-14-18(3,15-7-5-2)16-12-10-8-9-11-13-17(19)20/h4-16H2,1-3H3/p+1. The van der Waals surface area contributed by atoms with Crippen molar-refractivity contribution in [1.29, 1.82) is 0 Å². The van der Waals surface area contributed by atoms with Crippen molar-refractivity contribution in [3.8, 4) is 0 Å². The number of carbonyl (C=O) groups is 1. The zero-order valence-electron chi connectivity index (χ0n) is 14.0. The van der Waals surface area contributed by atoms with E-state index in [4.69, 9.17) is 5.11 Å². The minimum atomic E-state index is -0.659. The quantitative estimate of drug-likeness (QED) is 0.378. The van der Waals surface area contributed by atoms with E-state index in [0.717, 1.165) is 12.8 Å². The van der Waals surface area contributed by atoms with Gasteiger partial charge in [-0.3, -0.25) is 4.79 Å². The molecule has 0 saturated carbocycles. The van der Waals surface area contributed by atoms with Crippen LogP contribution in [-0.4, -0.2) is 42.2 Å². The molecular formula is C17H36NO2+. The molecule has 0 heterocycles. The summed E-state index contributed by atoms with van der Waals surface area (Å²) in [6.45, 7) is 8.46. The number of nitrogens with zero attached hydrogens (tertiary/aromatic N) is 1. The van der Waals surface area contributed by atoms with Gasteiger partial charge < -0.3 is 9.59 Å². The van der Waals surface area contributed by atoms with E-state index < -0.39 is 5.97 Å². The van der Waals surface area contributed by atoms with Gasteiger partial charge in [0.2, 0.25) is 0 Å². The number of hydrogen-bond acceptors (Lipinski definition) is 1. The lowest BCUT2D eigenvalue weighted by molar-refractivity contribution is -0.910. The summed E-state index contributed by atoms with van der Waals surface area (Å²) in [4.78, 5) is 10.4. The third-order valence-corrected chi connectivity index (χ3v) is 4.19. The fraction of sp³-hybridized carbons (Fsp3) is 0.941. The molecule has 0 aromatic heterocycles. The summed E-state index contributed by atoms with van der Waals surface area (Å²) >= 11 is 0.